The summed E-state index contributed by atoms with van der Waals surface area (Å²) in [4.78, 5) is 26.4. The van der Waals surface area contributed by atoms with Gasteiger partial charge in [0.05, 0.1) is 15.1 Å². The molecule has 0 aliphatic carbocycles. The number of carbonyl (C=O) groups excluding carboxylic acids is 1. The summed E-state index contributed by atoms with van der Waals surface area (Å²) in [5.41, 5.74) is 1.07. The quantitative estimate of drug-likeness (QED) is 0.688. The lowest BCUT2D eigenvalue weighted by Gasteiger charge is -2.09. The molecule has 1 N–H and O–H groups in total. The molecule has 1 aromatic carbocycles. The second-order valence-corrected chi connectivity index (χ2v) is 4.87. The summed E-state index contributed by atoms with van der Waals surface area (Å²) in [5.74, 6) is -0.405. The number of nitro benzene ring substituents is 1. The predicted octanol–water partition coefficient (Wildman–Crippen LogP) is 3.31. The number of hydrogen-bond donors (Lipinski definition) is 1. The third kappa shape index (κ3) is 2.83. The molecule has 0 atom stereocenters. The molecule has 1 aromatic heterocycles. The highest BCUT2D eigenvalue weighted by molar-refractivity contribution is 9.10. The van der Waals surface area contributed by atoms with Crippen molar-refractivity contribution >= 4 is 33.2 Å². The summed E-state index contributed by atoms with van der Waals surface area (Å²) in [7, 11) is 0. The van der Waals surface area contributed by atoms with E-state index in [1.165, 1.54) is 12.1 Å². The van der Waals surface area contributed by atoms with E-state index in [1.54, 1.807) is 31.5 Å². The van der Waals surface area contributed by atoms with Crippen molar-refractivity contribution in [3.63, 3.8) is 0 Å². The van der Waals surface area contributed by atoms with E-state index in [-0.39, 0.29) is 11.3 Å². The smallest absolute Gasteiger partial charge is 0.273 e. The van der Waals surface area contributed by atoms with Crippen LogP contribution in [0.5, 0.6) is 0 Å². The summed E-state index contributed by atoms with van der Waals surface area (Å²) in [6.07, 6.45) is 3.09. The van der Waals surface area contributed by atoms with Gasteiger partial charge in [0.2, 0.25) is 0 Å². The number of nitrogens with zero attached hydrogens (tertiary/aromatic N) is 2. The lowest BCUT2D eigenvalue weighted by atomic mass is 10.1. The van der Waals surface area contributed by atoms with E-state index in [1.807, 2.05) is 0 Å². The van der Waals surface area contributed by atoms with E-state index in [9.17, 15) is 14.9 Å². The third-order valence-corrected chi connectivity index (χ3v) is 3.40. The number of halogens is 1. The molecule has 0 fully saturated rings. The average molecular weight is 336 g/mol. The van der Waals surface area contributed by atoms with Gasteiger partial charge in [0, 0.05) is 29.6 Å². The first-order valence-electron chi connectivity index (χ1n) is 5.65. The zero-order valence-electron chi connectivity index (χ0n) is 10.5. The van der Waals surface area contributed by atoms with Gasteiger partial charge in [-0.2, -0.15) is 0 Å². The molecule has 0 aliphatic rings. The maximum Gasteiger partial charge on any atom is 0.273 e. The van der Waals surface area contributed by atoms with Gasteiger partial charge in [0.25, 0.3) is 11.6 Å². The Hall–Kier alpha value is -2.28. The Balaban J connectivity index is 2.33. The number of amides is 1. The number of hydrogen-bond acceptors (Lipinski definition) is 4. The van der Waals surface area contributed by atoms with Gasteiger partial charge in [-0.25, -0.2) is 0 Å². The summed E-state index contributed by atoms with van der Waals surface area (Å²) < 4.78 is 0.636. The second kappa shape index (κ2) is 5.79. The summed E-state index contributed by atoms with van der Waals surface area (Å²) >= 11 is 3.27. The van der Waals surface area contributed by atoms with Gasteiger partial charge in [0.15, 0.2) is 0 Å². The molecule has 20 heavy (non-hydrogen) atoms. The van der Waals surface area contributed by atoms with Crippen LogP contribution in [0, 0.1) is 17.0 Å². The lowest BCUT2D eigenvalue weighted by molar-refractivity contribution is -0.385. The summed E-state index contributed by atoms with van der Waals surface area (Å²) in [6.45, 7) is 1.55. The van der Waals surface area contributed by atoms with Crippen molar-refractivity contribution < 1.29 is 9.72 Å². The molecule has 2 rings (SSSR count). The standard InChI is InChI=1S/C13H10BrN3O3/c1-8-9(3-2-4-12(8)17(19)20)13(18)16-11-5-6-15-7-10(11)14/h2-7H,1H3,(H,15,16,18). The van der Waals surface area contributed by atoms with Crippen LogP contribution in [0.4, 0.5) is 11.4 Å². The number of rotatable bonds is 3. The van der Waals surface area contributed by atoms with Gasteiger partial charge in [0.1, 0.15) is 0 Å². The van der Waals surface area contributed by atoms with Crippen LogP contribution in [-0.4, -0.2) is 15.8 Å². The first-order valence-corrected chi connectivity index (χ1v) is 6.45. The molecule has 0 unspecified atom stereocenters. The van der Waals surface area contributed by atoms with Crippen molar-refractivity contribution in [3.05, 3.63) is 62.4 Å². The molecule has 0 spiro atoms. The first kappa shape index (κ1) is 14.1. The minimum atomic E-state index is -0.505. The molecule has 6 nitrogen and oxygen atoms in total. The first-order chi connectivity index (χ1) is 9.50. The predicted molar refractivity (Wildman–Crippen MR) is 77.7 cm³/mol. The molecule has 0 saturated carbocycles. The van der Waals surface area contributed by atoms with Crippen molar-refractivity contribution in [1.29, 1.82) is 0 Å². The van der Waals surface area contributed by atoms with E-state index in [2.05, 4.69) is 26.2 Å². The maximum atomic E-state index is 12.2. The molecular formula is C13H10BrN3O3. The van der Waals surface area contributed by atoms with Crippen LogP contribution in [0.25, 0.3) is 0 Å². The average Bonchev–Trinajstić information content (AvgIpc) is 2.41. The van der Waals surface area contributed by atoms with Crippen LogP contribution < -0.4 is 5.32 Å². The van der Waals surface area contributed by atoms with Gasteiger partial charge in [-0.1, -0.05) is 6.07 Å². The molecule has 2 aromatic rings. The molecule has 1 heterocycles. The number of anilines is 1. The molecule has 0 bridgehead atoms. The molecule has 0 saturated heterocycles. The van der Waals surface area contributed by atoms with Gasteiger partial charge < -0.3 is 5.32 Å². The molecule has 102 valence electrons. The van der Waals surface area contributed by atoms with Gasteiger partial charge in [-0.3, -0.25) is 19.9 Å². The van der Waals surface area contributed by atoms with E-state index in [0.717, 1.165) is 0 Å². The van der Waals surface area contributed by atoms with Crippen LogP contribution in [0.2, 0.25) is 0 Å². The van der Waals surface area contributed by atoms with Crippen LogP contribution in [-0.2, 0) is 0 Å². The number of pyridine rings is 1. The molecule has 0 radical (unpaired) electrons. The Morgan fingerprint density at radius 3 is 2.80 bits per heavy atom. The minimum Gasteiger partial charge on any atom is -0.321 e. The maximum absolute atomic E-state index is 12.2. The van der Waals surface area contributed by atoms with E-state index < -0.39 is 10.8 Å². The van der Waals surface area contributed by atoms with Crippen molar-refractivity contribution in [2.75, 3.05) is 5.32 Å². The fraction of sp³-hybridized carbons (Fsp3) is 0.0769. The van der Waals surface area contributed by atoms with Crippen molar-refractivity contribution in [3.8, 4) is 0 Å². The summed E-state index contributed by atoms with van der Waals surface area (Å²) in [5, 5.41) is 13.6. The van der Waals surface area contributed by atoms with Crippen LogP contribution in [0.15, 0.2) is 41.1 Å². The van der Waals surface area contributed by atoms with Crippen LogP contribution >= 0.6 is 15.9 Å². The van der Waals surface area contributed by atoms with Crippen molar-refractivity contribution in [2.45, 2.75) is 6.92 Å². The number of nitro groups is 1. The van der Waals surface area contributed by atoms with Crippen LogP contribution in [0.1, 0.15) is 15.9 Å². The topological polar surface area (TPSA) is 85.1 Å². The summed E-state index contributed by atoms with van der Waals surface area (Å²) in [6, 6.07) is 6.04. The zero-order valence-corrected chi connectivity index (χ0v) is 12.0. The van der Waals surface area contributed by atoms with Crippen molar-refractivity contribution in [2.24, 2.45) is 0 Å². The number of carbonyl (C=O) groups is 1. The van der Waals surface area contributed by atoms with E-state index >= 15 is 0 Å². The lowest BCUT2D eigenvalue weighted by Crippen LogP contribution is -2.14. The largest absolute Gasteiger partial charge is 0.321 e. The highest BCUT2D eigenvalue weighted by atomic mass is 79.9. The normalized spacial score (nSPS) is 10.1. The zero-order chi connectivity index (χ0) is 14.7. The fourth-order valence-electron chi connectivity index (χ4n) is 1.73. The third-order valence-electron chi connectivity index (χ3n) is 2.77. The molecule has 7 heteroatoms. The number of aromatic nitrogens is 1. The van der Waals surface area contributed by atoms with Crippen molar-refractivity contribution in [1.82, 2.24) is 4.98 Å². The highest BCUT2D eigenvalue weighted by Gasteiger charge is 2.18. The molecule has 0 aliphatic heterocycles. The Morgan fingerprint density at radius 1 is 1.40 bits per heavy atom. The SMILES string of the molecule is Cc1c(C(=O)Nc2ccncc2Br)cccc1[N+](=O)[O-]. The number of benzene rings is 1. The van der Waals surface area contributed by atoms with Gasteiger partial charge in [-0.15, -0.1) is 0 Å². The number of nitrogens with one attached hydrogen (secondary N) is 1. The van der Waals surface area contributed by atoms with Gasteiger partial charge >= 0.3 is 0 Å². The Morgan fingerprint density at radius 2 is 2.15 bits per heavy atom. The monoisotopic (exact) mass is 335 g/mol. The van der Waals surface area contributed by atoms with E-state index in [4.69, 9.17) is 0 Å². The Bertz CT molecular complexity index is 688. The van der Waals surface area contributed by atoms with Gasteiger partial charge in [-0.05, 0) is 35.0 Å². The molecular weight excluding hydrogens is 326 g/mol. The minimum absolute atomic E-state index is 0.0774. The fourth-order valence-corrected chi connectivity index (χ4v) is 2.08. The molecule has 1 amide bonds. The Labute approximate surface area is 123 Å². The second-order valence-electron chi connectivity index (χ2n) is 4.02. The Kier molecular flexibility index (Phi) is 4.09. The highest BCUT2D eigenvalue weighted by Crippen LogP contribution is 2.24. The van der Waals surface area contributed by atoms with Crippen LogP contribution in [0.3, 0.4) is 0 Å². The van der Waals surface area contributed by atoms with E-state index in [0.29, 0.717) is 15.7 Å².